The normalized spacial score (nSPS) is 25.0. The molecule has 0 amide bonds. The highest BCUT2D eigenvalue weighted by Crippen LogP contribution is 2.44. The van der Waals surface area contributed by atoms with E-state index in [0.717, 1.165) is 0 Å². The number of nitrogens with one attached hydrogen (secondary N) is 1. The van der Waals surface area contributed by atoms with Gasteiger partial charge in [-0.25, -0.2) is 0 Å². The lowest BCUT2D eigenvalue weighted by Crippen LogP contribution is -2.44. The van der Waals surface area contributed by atoms with Crippen LogP contribution in [0.3, 0.4) is 0 Å². The molecule has 0 aliphatic carbocycles. The first-order chi connectivity index (χ1) is 8.35. The molecular formula is C11H16F3N3O. The van der Waals surface area contributed by atoms with Gasteiger partial charge in [-0.2, -0.15) is 18.2 Å². The van der Waals surface area contributed by atoms with Crippen molar-refractivity contribution in [2.75, 3.05) is 13.1 Å². The molecule has 0 saturated carbocycles. The number of rotatable bonds is 3. The van der Waals surface area contributed by atoms with Gasteiger partial charge in [0.2, 0.25) is 5.89 Å². The summed E-state index contributed by atoms with van der Waals surface area (Å²) >= 11 is 0. The van der Waals surface area contributed by atoms with Crippen molar-refractivity contribution in [2.24, 2.45) is 5.92 Å². The molecule has 18 heavy (non-hydrogen) atoms. The number of alkyl halides is 3. The first kappa shape index (κ1) is 13.3. The minimum atomic E-state index is -4.38. The number of nitrogens with zero attached hydrogens (tertiary/aromatic N) is 2. The Morgan fingerprint density at radius 2 is 2.17 bits per heavy atom. The smallest absolute Gasteiger partial charge is 0.338 e. The van der Waals surface area contributed by atoms with Crippen molar-refractivity contribution < 1.29 is 17.7 Å². The second-order valence-electron chi connectivity index (χ2n) is 5.12. The van der Waals surface area contributed by atoms with E-state index in [9.17, 15) is 13.2 Å². The zero-order valence-corrected chi connectivity index (χ0v) is 10.3. The van der Waals surface area contributed by atoms with E-state index in [0.29, 0.717) is 18.8 Å². The van der Waals surface area contributed by atoms with Crippen LogP contribution in [0.2, 0.25) is 0 Å². The van der Waals surface area contributed by atoms with Crippen LogP contribution in [0.1, 0.15) is 32.0 Å². The predicted octanol–water partition coefficient (Wildman–Crippen LogP) is 2.06. The Morgan fingerprint density at radius 1 is 1.44 bits per heavy atom. The Balaban J connectivity index is 2.30. The molecule has 1 aromatic heterocycles. The van der Waals surface area contributed by atoms with Gasteiger partial charge < -0.3 is 9.84 Å². The summed E-state index contributed by atoms with van der Waals surface area (Å²) in [5.41, 5.74) is -2.02. The number of aromatic nitrogens is 2. The quantitative estimate of drug-likeness (QED) is 0.907. The largest absolute Gasteiger partial charge is 0.404 e. The molecule has 7 heteroatoms. The van der Waals surface area contributed by atoms with E-state index in [-0.39, 0.29) is 24.8 Å². The lowest BCUT2D eigenvalue weighted by Gasteiger charge is -2.26. The summed E-state index contributed by atoms with van der Waals surface area (Å²) in [5.74, 6) is 0.310. The Hall–Kier alpha value is -1.11. The van der Waals surface area contributed by atoms with Crippen LogP contribution in [-0.4, -0.2) is 29.4 Å². The SMILES string of the molecule is CC(C)Cc1noc(C2(C(F)(F)F)CCNC2)n1. The Labute approximate surface area is 103 Å². The number of hydrogen-bond acceptors (Lipinski definition) is 4. The van der Waals surface area contributed by atoms with Crippen molar-refractivity contribution in [2.45, 2.75) is 38.3 Å². The maximum absolute atomic E-state index is 13.2. The third-order valence-corrected chi connectivity index (χ3v) is 3.17. The van der Waals surface area contributed by atoms with Crippen LogP contribution >= 0.6 is 0 Å². The fraction of sp³-hybridized carbons (Fsp3) is 0.818. The average Bonchev–Trinajstić information content (AvgIpc) is 2.82. The van der Waals surface area contributed by atoms with Crippen molar-refractivity contribution in [1.29, 1.82) is 0 Å². The summed E-state index contributed by atoms with van der Waals surface area (Å²) in [6.07, 6.45) is -3.91. The molecule has 1 N–H and O–H groups in total. The molecule has 1 aromatic rings. The fourth-order valence-electron chi connectivity index (χ4n) is 2.13. The molecular weight excluding hydrogens is 247 g/mol. The molecule has 4 nitrogen and oxygen atoms in total. The lowest BCUT2D eigenvalue weighted by atomic mass is 9.86. The first-order valence-corrected chi connectivity index (χ1v) is 5.96. The maximum atomic E-state index is 13.2. The average molecular weight is 263 g/mol. The van der Waals surface area contributed by atoms with Gasteiger partial charge in [0.1, 0.15) is 0 Å². The zero-order chi connectivity index (χ0) is 13.4. The molecule has 2 rings (SSSR count). The third kappa shape index (κ3) is 2.23. The summed E-state index contributed by atoms with van der Waals surface area (Å²) in [7, 11) is 0. The fourth-order valence-corrected chi connectivity index (χ4v) is 2.13. The van der Waals surface area contributed by atoms with Crippen LogP contribution in [0.15, 0.2) is 4.52 Å². The first-order valence-electron chi connectivity index (χ1n) is 5.96. The van der Waals surface area contributed by atoms with Crippen molar-refractivity contribution in [3.63, 3.8) is 0 Å². The van der Waals surface area contributed by atoms with Gasteiger partial charge in [-0.3, -0.25) is 0 Å². The van der Waals surface area contributed by atoms with Crippen LogP contribution in [0, 0.1) is 5.92 Å². The van der Waals surface area contributed by atoms with Crippen molar-refractivity contribution >= 4 is 0 Å². The monoisotopic (exact) mass is 263 g/mol. The highest BCUT2D eigenvalue weighted by Gasteiger charge is 2.61. The van der Waals surface area contributed by atoms with Crippen LogP contribution in [0.5, 0.6) is 0 Å². The molecule has 1 aliphatic heterocycles. The van der Waals surface area contributed by atoms with E-state index in [1.54, 1.807) is 0 Å². The summed E-state index contributed by atoms with van der Waals surface area (Å²) in [6.45, 7) is 4.01. The highest BCUT2D eigenvalue weighted by molar-refractivity contribution is 5.14. The van der Waals surface area contributed by atoms with Gasteiger partial charge in [-0.1, -0.05) is 19.0 Å². The van der Waals surface area contributed by atoms with Gasteiger partial charge in [0, 0.05) is 13.0 Å². The van der Waals surface area contributed by atoms with Crippen LogP contribution < -0.4 is 5.32 Å². The van der Waals surface area contributed by atoms with Crippen LogP contribution in [0.25, 0.3) is 0 Å². The van der Waals surface area contributed by atoms with Crippen molar-refractivity contribution in [1.82, 2.24) is 15.5 Å². The lowest BCUT2D eigenvalue weighted by molar-refractivity contribution is -0.191. The standard InChI is InChI=1S/C11H16F3N3O/c1-7(2)5-8-16-9(18-17-8)10(11(12,13)14)3-4-15-6-10/h7,15H,3-6H2,1-2H3. The van der Waals surface area contributed by atoms with E-state index in [1.807, 2.05) is 13.8 Å². The van der Waals surface area contributed by atoms with E-state index in [2.05, 4.69) is 15.5 Å². The molecule has 0 bridgehead atoms. The molecule has 1 unspecified atom stereocenters. The Kier molecular flexibility index (Phi) is 3.35. The van der Waals surface area contributed by atoms with Gasteiger partial charge in [-0.15, -0.1) is 0 Å². The molecule has 1 aliphatic rings. The number of halogens is 3. The Morgan fingerprint density at radius 3 is 2.67 bits per heavy atom. The molecule has 0 radical (unpaired) electrons. The molecule has 0 spiro atoms. The predicted molar refractivity (Wildman–Crippen MR) is 58.1 cm³/mol. The van der Waals surface area contributed by atoms with Crippen molar-refractivity contribution in [3.05, 3.63) is 11.7 Å². The van der Waals surface area contributed by atoms with E-state index in [1.165, 1.54) is 0 Å². The van der Waals surface area contributed by atoms with Crippen LogP contribution in [0.4, 0.5) is 13.2 Å². The molecule has 0 aromatic carbocycles. The summed E-state index contributed by atoms with van der Waals surface area (Å²) < 4.78 is 44.5. The summed E-state index contributed by atoms with van der Waals surface area (Å²) in [5, 5.41) is 6.37. The van der Waals surface area contributed by atoms with Gasteiger partial charge in [0.15, 0.2) is 11.2 Å². The second-order valence-corrected chi connectivity index (χ2v) is 5.12. The molecule has 1 fully saturated rings. The summed E-state index contributed by atoms with van der Waals surface area (Å²) in [6, 6.07) is 0. The molecule has 1 saturated heterocycles. The van der Waals surface area contributed by atoms with Gasteiger partial charge >= 0.3 is 6.18 Å². The van der Waals surface area contributed by atoms with Gasteiger partial charge in [0.25, 0.3) is 0 Å². The maximum Gasteiger partial charge on any atom is 0.404 e. The zero-order valence-electron chi connectivity index (χ0n) is 10.3. The minimum Gasteiger partial charge on any atom is -0.338 e. The van der Waals surface area contributed by atoms with Crippen LogP contribution in [-0.2, 0) is 11.8 Å². The topological polar surface area (TPSA) is 51.0 Å². The summed E-state index contributed by atoms with van der Waals surface area (Å²) in [4.78, 5) is 3.93. The second kappa shape index (κ2) is 4.53. The Bertz CT molecular complexity index is 408. The highest BCUT2D eigenvalue weighted by atomic mass is 19.4. The molecule has 102 valence electrons. The van der Waals surface area contributed by atoms with Gasteiger partial charge in [-0.05, 0) is 18.9 Å². The third-order valence-electron chi connectivity index (χ3n) is 3.17. The van der Waals surface area contributed by atoms with E-state index >= 15 is 0 Å². The van der Waals surface area contributed by atoms with E-state index in [4.69, 9.17) is 4.52 Å². The molecule has 1 atom stereocenters. The molecule has 2 heterocycles. The van der Waals surface area contributed by atoms with Crippen molar-refractivity contribution in [3.8, 4) is 0 Å². The number of hydrogen-bond donors (Lipinski definition) is 1. The van der Waals surface area contributed by atoms with Gasteiger partial charge in [0.05, 0.1) is 0 Å². The minimum absolute atomic E-state index is 0.0557. The van der Waals surface area contributed by atoms with E-state index < -0.39 is 11.6 Å².